The standard InChI is InChI=1S/C66H101ClF3N11O11/c1-13-41(4)57-63(91)76(8)38-55(84)74(6)39-56(85)79(11)51(35-43-20-15-14-16-21-43)61(89)75(7)37-53(82)71-48(28-26-44-25-27-46(47(67)34-44)66(68,69)70)60(88)81-31-19-22-49(81)59(87)73-65(29-17-18-30-65)64(92)80(12)52(36-45-23-24-45)62(90)77(9)42(5)33-54(83)78(10)50(32-40(2)3)58(86)72-57/h25,27,34,40-43,45,48-52,57H,13-24,26,28-33,35-39H2,1-12H3,(H,71,82)(H,72,86)(H,73,87)/t41-,42+,48-,49?,50-,51-,52-,57-/m0/s1. The van der Waals surface area contributed by atoms with Gasteiger partial charge < -0.3 is 55.1 Å². The number of hydrogen-bond donors (Lipinski definition) is 3. The Hall–Kier alpha value is -6.53. The fraction of sp³-hybridized carbons (Fsp3) is 0.742. The quantitative estimate of drug-likeness (QED) is 0.244. The molecule has 6 rings (SSSR count). The van der Waals surface area contributed by atoms with Crippen molar-refractivity contribution < 1.29 is 65.9 Å². The number of alkyl halides is 3. The van der Waals surface area contributed by atoms with Gasteiger partial charge in [0.1, 0.15) is 41.8 Å². The lowest BCUT2D eigenvalue weighted by atomic mass is 9.84. The highest BCUT2D eigenvalue weighted by Crippen LogP contribution is 2.39. The lowest BCUT2D eigenvalue weighted by molar-refractivity contribution is -0.151. The van der Waals surface area contributed by atoms with Gasteiger partial charge in [0.25, 0.3) is 0 Å². The molecular formula is C66H101ClF3N11O11. The summed E-state index contributed by atoms with van der Waals surface area (Å²) >= 11 is 6.13. The molecule has 11 amide bonds. The third kappa shape index (κ3) is 19.1. The first kappa shape index (κ1) is 74.5. The Bertz CT molecular complexity index is 2850. The molecule has 26 heteroatoms. The van der Waals surface area contributed by atoms with E-state index in [-0.39, 0.29) is 75.7 Å². The van der Waals surface area contributed by atoms with Gasteiger partial charge in [0.15, 0.2) is 0 Å². The normalized spacial score (nSPS) is 26.9. The van der Waals surface area contributed by atoms with E-state index in [1.807, 2.05) is 20.8 Å². The van der Waals surface area contributed by atoms with E-state index in [1.54, 1.807) is 20.9 Å². The van der Waals surface area contributed by atoms with Gasteiger partial charge in [-0.2, -0.15) is 13.2 Å². The van der Waals surface area contributed by atoms with Crippen molar-refractivity contribution in [1.82, 2.24) is 55.1 Å². The monoisotopic (exact) mass is 1320 g/mol. The Morgan fingerprint density at radius 2 is 1.21 bits per heavy atom. The fourth-order valence-electron chi connectivity index (χ4n) is 13.4. The molecule has 8 atom stereocenters. The van der Waals surface area contributed by atoms with E-state index in [1.165, 1.54) is 77.8 Å². The number of benzene rings is 1. The Labute approximate surface area is 546 Å². The van der Waals surface area contributed by atoms with Crippen LogP contribution in [-0.4, -0.2) is 228 Å². The van der Waals surface area contributed by atoms with Crippen molar-refractivity contribution in [3.63, 3.8) is 0 Å². The molecule has 22 nitrogen and oxygen atoms in total. The molecule has 0 bridgehead atoms. The van der Waals surface area contributed by atoms with E-state index in [0.717, 1.165) is 66.9 Å². The summed E-state index contributed by atoms with van der Waals surface area (Å²) in [6, 6.07) is -4.36. The molecule has 514 valence electrons. The number of likely N-dealkylation sites (N-methyl/N-ethyl adjacent to an activating group) is 7. The van der Waals surface area contributed by atoms with Gasteiger partial charge in [-0.25, -0.2) is 0 Å². The minimum Gasteiger partial charge on any atom is -0.343 e. The van der Waals surface area contributed by atoms with E-state index in [0.29, 0.717) is 37.7 Å². The topological polar surface area (TPSA) is 250 Å². The molecule has 92 heavy (non-hydrogen) atoms. The first-order valence-electron chi connectivity index (χ1n) is 33.1. The molecule has 3 saturated carbocycles. The lowest BCUT2D eigenvalue weighted by Gasteiger charge is -2.40. The average molecular weight is 1320 g/mol. The van der Waals surface area contributed by atoms with Crippen LogP contribution >= 0.6 is 11.6 Å². The SMILES string of the molecule is CC[C@H](C)[C@@H]1NC(=O)[C@H](CC(C)C)N(C)C(=O)C[C@@H](C)N(C)C(=O)[C@H](CC2CC2)N(C)C(=O)C2(CCCC2)NC(=O)C2CCCN2C(=O)[C@H](CCc2ccc(C(F)(F)F)c(Cl)c2)NC(=O)CN(C)C(=O)[C@H](CC2CCCCC2)N(C)C(=O)CN(C)C(=O)CN(C)C1=O. The number of amides is 11. The molecule has 2 heterocycles. The number of carbonyl (C=O) groups is 11. The zero-order valence-electron chi connectivity index (χ0n) is 56.1. The van der Waals surface area contributed by atoms with Crippen molar-refractivity contribution >= 4 is 76.6 Å². The van der Waals surface area contributed by atoms with E-state index < -0.39 is 155 Å². The third-order valence-electron chi connectivity index (χ3n) is 19.9. The minimum absolute atomic E-state index is 0.0357. The summed E-state index contributed by atoms with van der Waals surface area (Å²) in [5, 5.41) is 8.15. The summed E-state index contributed by atoms with van der Waals surface area (Å²) < 4.78 is 41.4. The van der Waals surface area contributed by atoms with Crippen LogP contribution in [0.15, 0.2) is 18.2 Å². The molecule has 1 aromatic carbocycles. The second kappa shape index (κ2) is 32.5. The number of carbonyl (C=O) groups excluding carboxylic acids is 11. The first-order valence-corrected chi connectivity index (χ1v) is 33.4. The van der Waals surface area contributed by atoms with E-state index in [4.69, 9.17) is 11.6 Å². The summed E-state index contributed by atoms with van der Waals surface area (Å²) in [6.07, 6.45) is 4.24. The molecule has 0 aromatic heterocycles. The van der Waals surface area contributed by atoms with E-state index >= 15 is 9.59 Å². The highest BCUT2D eigenvalue weighted by Gasteiger charge is 2.50. The lowest BCUT2D eigenvalue weighted by Crippen LogP contribution is -2.64. The summed E-state index contributed by atoms with van der Waals surface area (Å²) in [5.74, 6) is -6.88. The molecule has 0 radical (unpaired) electrons. The number of fused-ring (bicyclic) bond motifs is 1. The molecule has 5 fully saturated rings. The maximum absolute atomic E-state index is 15.2. The van der Waals surface area contributed by atoms with Crippen LogP contribution in [0.3, 0.4) is 0 Å². The van der Waals surface area contributed by atoms with Crippen LogP contribution in [0.5, 0.6) is 0 Å². The third-order valence-corrected chi connectivity index (χ3v) is 20.2. The minimum atomic E-state index is -4.74. The van der Waals surface area contributed by atoms with Crippen LogP contribution in [0.1, 0.15) is 168 Å². The van der Waals surface area contributed by atoms with E-state index in [2.05, 4.69) is 16.0 Å². The van der Waals surface area contributed by atoms with Crippen molar-refractivity contribution in [2.45, 2.75) is 217 Å². The summed E-state index contributed by atoms with van der Waals surface area (Å²) in [7, 11) is 10.2. The van der Waals surface area contributed by atoms with Gasteiger partial charge in [0.2, 0.25) is 65.0 Å². The van der Waals surface area contributed by atoms with Crippen LogP contribution in [0.4, 0.5) is 13.2 Å². The highest BCUT2D eigenvalue weighted by molar-refractivity contribution is 6.31. The van der Waals surface area contributed by atoms with Gasteiger partial charge in [0.05, 0.1) is 30.2 Å². The molecule has 1 spiro atoms. The average Bonchev–Trinajstić information content (AvgIpc) is 1.52. The largest absolute Gasteiger partial charge is 0.417 e. The van der Waals surface area contributed by atoms with Gasteiger partial charge in [-0.15, -0.1) is 0 Å². The number of hydrogen-bond acceptors (Lipinski definition) is 11. The van der Waals surface area contributed by atoms with Gasteiger partial charge in [0, 0.05) is 68.3 Å². The number of rotatable bonds is 11. The molecule has 3 N–H and O–H groups in total. The summed E-state index contributed by atoms with van der Waals surface area (Å²) in [4.78, 5) is 171. The van der Waals surface area contributed by atoms with Crippen molar-refractivity contribution in [1.29, 1.82) is 0 Å². The number of aryl methyl sites for hydroxylation is 1. The molecular weight excluding hydrogens is 1220 g/mol. The molecule has 2 saturated heterocycles. The predicted molar refractivity (Wildman–Crippen MR) is 340 cm³/mol. The zero-order chi connectivity index (χ0) is 68.3. The Kier molecular flexibility index (Phi) is 26.4. The van der Waals surface area contributed by atoms with Crippen LogP contribution in [-0.2, 0) is 65.3 Å². The van der Waals surface area contributed by atoms with Crippen molar-refractivity contribution in [2.75, 3.05) is 75.5 Å². The summed E-state index contributed by atoms with van der Waals surface area (Å²) in [6.45, 7) is 7.59. The van der Waals surface area contributed by atoms with Crippen LogP contribution in [0.25, 0.3) is 0 Å². The Morgan fingerprint density at radius 3 is 1.79 bits per heavy atom. The fourth-order valence-corrected chi connectivity index (χ4v) is 13.7. The van der Waals surface area contributed by atoms with Crippen molar-refractivity contribution in [3.8, 4) is 0 Å². The van der Waals surface area contributed by atoms with Gasteiger partial charge in [-0.05, 0) is 106 Å². The number of nitrogens with zero attached hydrogens (tertiary/aromatic N) is 8. The van der Waals surface area contributed by atoms with Crippen LogP contribution in [0, 0.1) is 23.7 Å². The molecule has 2 aliphatic heterocycles. The van der Waals surface area contributed by atoms with Crippen molar-refractivity contribution in [3.05, 3.63) is 34.3 Å². The molecule has 3 aliphatic carbocycles. The second-order valence-electron chi connectivity index (χ2n) is 27.5. The number of halogens is 4. The molecule has 5 aliphatic rings. The smallest absolute Gasteiger partial charge is 0.343 e. The van der Waals surface area contributed by atoms with Gasteiger partial charge in [-0.3, -0.25) is 52.7 Å². The molecule has 1 unspecified atom stereocenters. The zero-order valence-corrected chi connectivity index (χ0v) is 56.9. The number of nitrogens with one attached hydrogen (secondary N) is 3. The highest BCUT2D eigenvalue weighted by atomic mass is 35.5. The second-order valence-corrected chi connectivity index (χ2v) is 27.9. The van der Waals surface area contributed by atoms with Crippen LogP contribution < -0.4 is 16.0 Å². The van der Waals surface area contributed by atoms with Crippen molar-refractivity contribution in [2.24, 2.45) is 23.7 Å². The Morgan fingerprint density at radius 1 is 0.620 bits per heavy atom. The molecule has 1 aromatic rings. The first-order chi connectivity index (χ1) is 43.2. The Balaban J connectivity index is 1.37. The predicted octanol–water partition coefficient (Wildman–Crippen LogP) is 5.65. The van der Waals surface area contributed by atoms with Gasteiger partial charge in [-0.1, -0.05) is 110 Å². The van der Waals surface area contributed by atoms with Gasteiger partial charge >= 0.3 is 6.18 Å². The van der Waals surface area contributed by atoms with E-state index in [9.17, 15) is 56.3 Å². The summed E-state index contributed by atoms with van der Waals surface area (Å²) in [5.41, 5.74) is -2.22. The maximum atomic E-state index is 15.2. The van der Waals surface area contributed by atoms with Crippen LogP contribution in [0.2, 0.25) is 5.02 Å². The maximum Gasteiger partial charge on any atom is 0.417 e.